The molecule has 0 saturated carbocycles. The fourth-order valence-electron chi connectivity index (χ4n) is 4.23. The quantitative estimate of drug-likeness (QED) is 0.470. The van der Waals surface area contributed by atoms with Crippen molar-refractivity contribution in [3.8, 4) is 0 Å². The Morgan fingerprint density at radius 3 is 2.82 bits per heavy atom. The number of anilines is 1. The maximum Gasteiger partial charge on any atom is 0.226 e. The van der Waals surface area contributed by atoms with Crippen molar-refractivity contribution < 1.29 is 9.53 Å². The molecule has 1 aliphatic heterocycles. The highest BCUT2D eigenvalue weighted by Gasteiger charge is 2.41. The number of thiocarbonyl (C=S) groups is 1. The van der Waals surface area contributed by atoms with E-state index in [9.17, 15) is 4.79 Å². The second-order valence-corrected chi connectivity index (χ2v) is 8.49. The molecule has 2 N–H and O–H groups in total. The molecule has 2 aromatic heterocycles. The summed E-state index contributed by atoms with van der Waals surface area (Å²) in [5, 5.41) is 7.05. The Bertz CT molecular complexity index is 1100. The average molecular weight is 464 g/mol. The number of benzene rings is 1. The predicted octanol–water partition coefficient (Wildman–Crippen LogP) is 3.84. The summed E-state index contributed by atoms with van der Waals surface area (Å²) >= 11 is 5.72. The van der Waals surface area contributed by atoms with Gasteiger partial charge in [0.25, 0.3) is 0 Å². The van der Waals surface area contributed by atoms with E-state index in [1.165, 1.54) is 0 Å². The van der Waals surface area contributed by atoms with Crippen LogP contribution in [0.15, 0.2) is 67.0 Å². The Morgan fingerprint density at radius 1 is 1.18 bits per heavy atom. The molecule has 3 heterocycles. The summed E-state index contributed by atoms with van der Waals surface area (Å²) in [6, 6.07) is 17.6. The van der Waals surface area contributed by atoms with Gasteiger partial charge >= 0.3 is 0 Å². The lowest BCUT2D eigenvalue weighted by Gasteiger charge is -2.28. The minimum Gasteiger partial charge on any atom is -0.383 e. The zero-order valence-corrected chi connectivity index (χ0v) is 19.7. The number of hydrogen-bond donors (Lipinski definition) is 2. The first kappa shape index (κ1) is 22.9. The van der Waals surface area contributed by atoms with Crippen LogP contribution in [0.4, 0.5) is 5.69 Å². The summed E-state index contributed by atoms with van der Waals surface area (Å²) in [6.07, 6.45) is 4.16. The lowest BCUT2D eigenvalue weighted by Crippen LogP contribution is -2.33. The smallest absolute Gasteiger partial charge is 0.226 e. The number of carbonyl (C=O) groups is 1. The van der Waals surface area contributed by atoms with Crippen LogP contribution in [0.1, 0.15) is 35.5 Å². The van der Waals surface area contributed by atoms with Gasteiger partial charge in [-0.3, -0.25) is 9.78 Å². The molecule has 0 unspecified atom stereocenters. The van der Waals surface area contributed by atoms with E-state index in [1.807, 2.05) is 61.7 Å². The number of pyridine rings is 1. The van der Waals surface area contributed by atoms with Crippen LogP contribution in [0.3, 0.4) is 0 Å². The van der Waals surface area contributed by atoms with E-state index >= 15 is 0 Å². The molecule has 0 spiro atoms. The maximum atomic E-state index is 12.7. The van der Waals surface area contributed by atoms with E-state index in [0.717, 1.165) is 29.2 Å². The van der Waals surface area contributed by atoms with Crippen LogP contribution in [0.5, 0.6) is 0 Å². The molecule has 3 aromatic rings. The molecule has 7 nitrogen and oxygen atoms in total. The molecule has 4 rings (SSSR count). The predicted molar refractivity (Wildman–Crippen MR) is 133 cm³/mol. The van der Waals surface area contributed by atoms with Gasteiger partial charge in [0.1, 0.15) is 0 Å². The molecule has 1 aromatic carbocycles. The largest absolute Gasteiger partial charge is 0.383 e. The van der Waals surface area contributed by atoms with Gasteiger partial charge in [-0.1, -0.05) is 18.2 Å². The number of amides is 1. The highest BCUT2D eigenvalue weighted by atomic mass is 32.1. The third kappa shape index (κ3) is 5.40. The fourth-order valence-corrected chi connectivity index (χ4v) is 4.56. The third-order valence-corrected chi connectivity index (χ3v) is 6.14. The molecule has 1 fully saturated rings. The summed E-state index contributed by atoms with van der Waals surface area (Å²) in [4.78, 5) is 19.4. The number of nitrogens with one attached hydrogen (secondary N) is 2. The highest BCUT2D eigenvalue weighted by molar-refractivity contribution is 7.80. The molecule has 1 amide bonds. The molecular formula is C25H29N5O2S. The molecule has 0 radical (unpaired) electrons. The van der Waals surface area contributed by atoms with Gasteiger partial charge in [0.15, 0.2) is 5.11 Å². The van der Waals surface area contributed by atoms with Gasteiger partial charge in [0, 0.05) is 50.4 Å². The van der Waals surface area contributed by atoms with Crippen molar-refractivity contribution in [2.45, 2.75) is 32.0 Å². The number of aromatic nitrogens is 2. The van der Waals surface area contributed by atoms with Crippen LogP contribution >= 0.6 is 12.2 Å². The van der Waals surface area contributed by atoms with Crippen LogP contribution in [0.25, 0.3) is 0 Å². The second kappa shape index (κ2) is 10.6. The molecule has 2 atom stereocenters. The molecule has 1 aliphatic rings. The van der Waals surface area contributed by atoms with Crippen molar-refractivity contribution >= 4 is 28.9 Å². The molecule has 8 heteroatoms. The van der Waals surface area contributed by atoms with Crippen molar-refractivity contribution in [3.05, 3.63) is 83.9 Å². The van der Waals surface area contributed by atoms with Crippen molar-refractivity contribution in [2.24, 2.45) is 0 Å². The van der Waals surface area contributed by atoms with Gasteiger partial charge < -0.3 is 24.8 Å². The molecule has 1 saturated heterocycles. The van der Waals surface area contributed by atoms with Gasteiger partial charge in [-0.15, -0.1) is 0 Å². The summed E-state index contributed by atoms with van der Waals surface area (Å²) in [5.74, 6) is -0.0433. The number of aryl methyl sites for hydroxylation is 1. The average Bonchev–Trinajstić information content (AvgIpc) is 3.40. The van der Waals surface area contributed by atoms with E-state index in [1.54, 1.807) is 13.3 Å². The van der Waals surface area contributed by atoms with Crippen LogP contribution < -0.4 is 10.6 Å². The van der Waals surface area contributed by atoms with Crippen molar-refractivity contribution in [2.75, 3.05) is 25.6 Å². The van der Waals surface area contributed by atoms with Gasteiger partial charge in [0.05, 0.1) is 24.4 Å². The van der Waals surface area contributed by atoms with E-state index < -0.39 is 0 Å². The molecule has 0 aliphatic carbocycles. The van der Waals surface area contributed by atoms with Crippen molar-refractivity contribution in [1.29, 1.82) is 0 Å². The normalized spacial score (nSPS) is 17.8. The van der Waals surface area contributed by atoms with Crippen LogP contribution in [0.2, 0.25) is 0 Å². The first-order valence-electron chi connectivity index (χ1n) is 11.1. The summed E-state index contributed by atoms with van der Waals surface area (Å²) < 4.78 is 7.48. The van der Waals surface area contributed by atoms with Gasteiger partial charge in [0.2, 0.25) is 5.91 Å². The van der Waals surface area contributed by atoms with E-state index in [0.29, 0.717) is 24.7 Å². The summed E-state index contributed by atoms with van der Waals surface area (Å²) in [6.45, 7) is 3.84. The number of hydrogen-bond acceptors (Lipinski definition) is 4. The zero-order chi connectivity index (χ0) is 23.2. The van der Waals surface area contributed by atoms with Crippen LogP contribution in [-0.2, 0) is 16.1 Å². The Kier molecular flexibility index (Phi) is 7.36. The number of ether oxygens (including phenoxy) is 1. The van der Waals surface area contributed by atoms with E-state index in [-0.39, 0.29) is 18.0 Å². The van der Waals surface area contributed by atoms with E-state index in [4.69, 9.17) is 17.0 Å². The number of carbonyl (C=O) groups excluding carboxylic acids is 1. The Labute approximate surface area is 199 Å². The number of methoxy groups -OCH3 is 1. The lowest BCUT2D eigenvalue weighted by atomic mass is 10.0. The SMILES string of the molecule is COCCn1cccc1[C@H]1[C@H](c2ccccn2)NC(=S)N1CCC(=O)Nc1cccc(C)c1. The van der Waals surface area contributed by atoms with Crippen LogP contribution in [0, 0.1) is 6.92 Å². The monoisotopic (exact) mass is 463 g/mol. The molecule has 33 heavy (non-hydrogen) atoms. The topological polar surface area (TPSA) is 71.4 Å². The molecule has 172 valence electrons. The number of rotatable bonds is 9. The first-order chi connectivity index (χ1) is 16.1. The third-order valence-electron chi connectivity index (χ3n) is 5.78. The molecular weight excluding hydrogens is 434 g/mol. The standard InChI is InChI=1S/C25H29N5O2S/c1-18-7-5-8-19(17-18)27-22(31)11-14-30-24(21-10-6-13-29(21)15-16-32-2)23(28-25(30)33)20-9-3-4-12-26-20/h3-10,12-13,17,23-24H,11,14-16H2,1-2H3,(H,27,31)(H,28,33)/t23-,24-/m0/s1. The van der Waals surface area contributed by atoms with Gasteiger partial charge in [-0.25, -0.2) is 0 Å². The second-order valence-electron chi connectivity index (χ2n) is 8.11. The molecule has 0 bridgehead atoms. The summed E-state index contributed by atoms with van der Waals surface area (Å²) in [5.41, 5.74) is 3.93. The Hall–Kier alpha value is -3.23. The summed E-state index contributed by atoms with van der Waals surface area (Å²) in [7, 11) is 1.70. The minimum atomic E-state index is -0.116. The minimum absolute atomic E-state index is 0.0433. The van der Waals surface area contributed by atoms with Crippen molar-refractivity contribution in [3.63, 3.8) is 0 Å². The Balaban J connectivity index is 1.55. The first-order valence-corrected chi connectivity index (χ1v) is 11.5. The Morgan fingerprint density at radius 2 is 2.06 bits per heavy atom. The fraction of sp³-hybridized carbons (Fsp3) is 0.320. The lowest BCUT2D eigenvalue weighted by molar-refractivity contribution is -0.116. The van der Waals surface area contributed by atoms with Crippen molar-refractivity contribution in [1.82, 2.24) is 19.8 Å². The number of nitrogens with zero attached hydrogens (tertiary/aromatic N) is 3. The maximum absolute atomic E-state index is 12.7. The highest BCUT2D eigenvalue weighted by Crippen LogP contribution is 2.38. The van der Waals surface area contributed by atoms with E-state index in [2.05, 4.69) is 31.2 Å². The van der Waals surface area contributed by atoms with Crippen LogP contribution in [-0.4, -0.2) is 45.7 Å². The zero-order valence-electron chi connectivity index (χ0n) is 18.9. The van der Waals surface area contributed by atoms with Gasteiger partial charge in [-0.05, 0) is 61.1 Å². The van der Waals surface area contributed by atoms with Gasteiger partial charge in [-0.2, -0.15) is 0 Å².